The highest BCUT2D eigenvalue weighted by Crippen LogP contribution is 2.37. The molecule has 10 nitrogen and oxygen atoms in total. The number of benzene rings is 1. The van der Waals surface area contributed by atoms with Gasteiger partial charge in [0.2, 0.25) is 17.7 Å². The summed E-state index contributed by atoms with van der Waals surface area (Å²) in [5.41, 5.74) is 2.34. The van der Waals surface area contributed by atoms with Crippen LogP contribution in [-0.4, -0.2) is 117 Å². The summed E-state index contributed by atoms with van der Waals surface area (Å²) in [6.07, 6.45) is 0.465. The van der Waals surface area contributed by atoms with Crippen molar-refractivity contribution in [2.24, 2.45) is 0 Å². The van der Waals surface area contributed by atoms with E-state index >= 15 is 0 Å². The molecular weight excluding hydrogens is 553 g/mol. The van der Waals surface area contributed by atoms with Gasteiger partial charge < -0.3 is 29.2 Å². The van der Waals surface area contributed by atoms with Gasteiger partial charge in [0.05, 0.1) is 32.4 Å². The van der Waals surface area contributed by atoms with Crippen LogP contribution in [0.15, 0.2) is 30.3 Å². The number of hydrogen-bond donors (Lipinski definition) is 1. The topological polar surface area (TPSA) is 88.6 Å². The number of piperazine rings is 1. The zero-order chi connectivity index (χ0) is 30.5. The van der Waals surface area contributed by atoms with Crippen molar-refractivity contribution in [3.8, 4) is 11.8 Å². The highest BCUT2D eigenvalue weighted by atomic mass is 19.1. The average molecular weight is 600 g/mol. The summed E-state index contributed by atoms with van der Waals surface area (Å²) in [7, 11) is 1.61. The number of halogens is 1. The molecule has 0 bridgehead atoms. The lowest BCUT2D eigenvalue weighted by Gasteiger charge is -2.46. The predicted molar refractivity (Wildman–Crippen MR) is 163 cm³/mol. The Kier molecular flexibility index (Phi) is 10.5. The molecule has 1 amide bonds. The van der Waals surface area contributed by atoms with E-state index < -0.39 is 0 Å². The number of pyridine rings is 1. The summed E-state index contributed by atoms with van der Waals surface area (Å²) < 4.78 is 36.5. The second kappa shape index (κ2) is 14.3. The summed E-state index contributed by atoms with van der Waals surface area (Å²) in [5, 5.41) is 3.62. The highest BCUT2D eigenvalue weighted by molar-refractivity contribution is 5.97. The standard InChI is InChI=1S/C32H46FN5O5/c1-21-15-36(28(14-34-21)16-37-22(2)18-41-19-23(37)3)17-30(39)38-24(4)20-43-32-29(38)13-26(31(35-32)42-11-10-40-5)12-25-6-8-27(33)9-7-25/h6-9,13,21-24,28,34H,10-12,14-20H2,1-5H3/t21-,22-,23-,24?,28-/m1/s1. The largest absolute Gasteiger partial charge is 0.475 e. The van der Waals surface area contributed by atoms with Crippen LogP contribution < -0.4 is 19.7 Å². The molecule has 2 saturated heterocycles. The van der Waals surface area contributed by atoms with Crippen LogP contribution in [0.4, 0.5) is 10.1 Å². The number of anilines is 1. The van der Waals surface area contributed by atoms with Crippen LogP contribution in [0, 0.1) is 5.82 Å². The van der Waals surface area contributed by atoms with E-state index in [0.717, 1.165) is 44.0 Å². The maximum atomic E-state index is 14.2. The number of carbonyl (C=O) groups is 1. The molecule has 0 saturated carbocycles. The van der Waals surface area contributed by atoms with Gasteiger partial charge in [0.1, 0.15) is 24.7 Å². The molecule has 11 heteroatoms. The van der Waals surface area contributed by atoms with E-state index in [9.17, 15) is 9.18 Å². The Bertz CT molecular complexity index is 1220. The van der Waals surface area contributed by atoms with E-state index in [2.05, 4.69) is 35.9 Å². The van der Waals surface area contributed by atoms with Crippen LogP contribution >= 0.6 is 0 Å². The number of rotatable bonds is 10. The van der Waals surface area contributed by atoms with E-state index in [4.69, 9.17) is 23.9 Å². The minimum Gasteiger partial charge on any atom is -0.475 e. The quantitative estimate of drug-likeness (QED) is 0.414. The van der Waals surface area contributed by atoms with E-state index in [0.29, 0.717) is 62.3 Å². The molecule has 1 N–H and O–H groups in total. The maximum Gasteiger partial charge on any atom is 0.241 e. The van der Waals surface area contributed by atoms with Gasteiger partial charge in [0.25, 0.3) is 0 Å². The number of carbonyl (C=O) groups excluding carboxylic acids is 1. The molecule has 236 valence electrons. The van der Waals surface area contributed by atoms with Gasteiger partial charge in [0.15, 0.2) is 0 Å². The number of amides is 1. The number of methoxy groups -OCH3 is 1. The van der Waals surface area contributed by atoms with Gasteiger partial charge in [0, 0.05) is 62.9 Å². The summed E-state index contributed by atoms with van der Waals surface area (Å²) in [5.74, 6) is 0.525. The molecular formula is C32H46FN5O5. The lowest BCUT2D eigenvalue weighted by molar-refractivity contribution is -0.122. The monoisotopic (exact) mass is 599 g/mol. The third-order valence-corrected chi connectivity index (χ3v) is 8.61. The lowest BCUT2D eigenvalue weighted by Crippen LogP contribution is -2.63. The van der Waals surface area contributed by atoms with Crippen molar-refractivity contribution in [2.45, 2.75) is 64.3 Å². The predicted octanol–water partition coefficient (Wildman–Crippen LogP) is 2.72. The normalized spacial score (nSPS) is 26.6. The SMILES string of the molecule is COCCOc1nc2c(cc1Cc1ccc(F)cc1)N(C(=O)CN1C[C@@H](C)NC[C@@H]1CN1[C@H](C)COC[C@H]1C)C(C)CO2. The summed E-state index contributed by atoms with van der Waals surface area (Å²) in [4.78, 5) is 25.6. The molecule has 1 unspecified atom stereocenters. The molecule has 3 aliphatic heterocycles. The van der Waals surface area contributed by atoms with Crippen LogP contribution in [0.25, 0.3) is 0 Å². The van der Waals surface area contributed by atoms with Gasteiger partial charge >= 0.3 is 0 Å². The Balaban J connectivity index is 1.39. The molecule has 43 heavy (non-hydrogen) atoms. The first-order valence-corrected chi connectivity index (χ1v) is 15.4. The molecule has 4 heterocycles. The van der Waals surface area contributed by atoms with Crippen molar-refractivity contribution in [3.63, 3.8) is 0 Å². The Hall–Kier alpha value is -2.83. The van der Waals surface area contributed by atoms with Crippen LogP contribution in [0.5, 0.6) is 11.8 Å². The maximum absolute atomic E-state index is 14.2. The summed E-state index contributed by atoms with van der Waals surface area (Å²) >= 11 is 0. The first kappa shape index (κ1) is 31.6. The van der Waals surface area contributed by atoms with Crippen molar-refractivity contribution in [3.05, 3.63) is 47.3 Å². The molecule has 0 aliphatic carbocycles. The highest BCUT2D eigenvalue weighted by Gasteiger charge is 2.37. The number of morpholine rings is 1. The Labute approximate surface area is 254 Å². The van der Waals surface area contributed by atoms with Crippen LogP contribution in [-0.2, 0) is 20.7 Å². The van der Waals surface area contributed by atoms with E-state index in [-0.39, 0.29) is 29.8 Å². The molecule has 0 spiro atoms. The minimum absolute atomic E-state index is 0.0156. The molecule has 5 atom stereocenters. The van der Waals surface area contributed by atoms with Gasteiger partial charge in [-0.25, -0.2) is 4.39 Å². The van der Waals surface area contributed by atoms with Crippen molar-refractivity contribution >= 4 is 11.6 Å². The van der Waals surface area contributed by atoms with Gasteiger partial charge in [-0.3, -0.25) is 14.6 Å². The fraction of sp³-hybridized carbons (Fsp3) is 0.625. The van der Waals surface area contributed by atoms with Gasteiger partial charge in [-0.05, 0) is 51.5 Å². The fourth-order valence-corrected chi connectivity index (χ4v) is 6.27. The number of hydrogen-bond acceptors (Lipinski definition) is 9. The molecule has 2 fully saturated rings. The molecule has 2 aromatic rings. The number of nitrogens with zero attached hydrogens (tertiary/aromatic N) is 4. The van der Waals surface area contributed by atoms with Crippen molar-refractivity contribution in [1.82, 2.24) is 20.1 Å². The summed E-state index contributed by atoms with van der Waals surface area (Å²) in [6.45, 7) is 13.9. The molecule has 1 aromatic carbocycles. The first-order chi connectivity index (χ1) is 20.7. The van der Waals surface area contributed by atoms with Crippen molar-refractivity contribution < 1.29 is 28.1 Å². The second-order valence-electron chi connectivity index (χ2n) is 12.2. The molecule has 0 radical (unpaired) electrons. The van der Waals surface area contributed by atoms with Crippen LogP contribution in [0.3, 0.4) is 0 Å². The fourth-order valence-electron chi connectivity index (χ4n) is 6.27. The van der Waals surface area contributed by atoms with E-state index in [1.54, 1.807) is 19.2 Å². The van der Waals surface area contributed by atoms with Crippen molar-refractivity contribution in [1.29, 1.82) is 0 Å². The smallest absolute Gasteiger partial charge is 0.241 e. The van der Waals surface area contributed by atoms with Gasteiger partial charge in [-0.1, -0.05) is 12.1 Å². The minimum atomic E-state index is -0.291. The van der Waals surface area contributed by atoms with Crippen LogP contribution in [0.1, 0.15) is 38.8 Å². The van der Waals surface area contributed by atoms with Crippen LogP contribution in [0.2, 0.25) is 0 Å². The third-order valence-electron chi connectivity index (χ3n) is 8.61. The third kappa shape index (κ3) is 7.64. The zero-order valence-electron chi connectivity index (χ0n) is 26.1. The Morgan fingerprint density at radius 2 is 1.81 bits per heavy atom. The first-order valence-electron chi connectivity index (χ1n) is 15.4. The molecule has 5 rings (SSSR count). The second-order valence-corrected chi connectivity index (χ2v) is 12.2. The lowest BCUT2D eigenvalue weighted by atomic mass is 10.0. The Morgan fingerprint density at radius 3 is 2.53 bits per heavy atom. The number of aromatic nitrogens is 1. The van der Waals surface area contributed by atoms with E-state index in [1.807, 2.05) is 17.9 Å². The number of nitrogens with one attached hydrogen (secondary N) is 1. The molecule has 1 aromatic heterocycles. The average Bonchev–Trinajstić information content (AvgIpc) is 2.97. The molecule has 3 aliphatic rings. The van der Waals surface area contributed by atoms with Gasteiger partial charge in [-0.15, -0.1) is 0 Å². The summed E-state index contributed by atoms with van der Waals surface area (Å²) in [6, 6.07) is 9.30. The van der Waals surface area contributed by atoms with E-state index in [1.165, 1.54) is 12.1 Å². The van der Waals surface area contributed by atoms with Crippen molar-refractivity contribution in [2.75, 3.05) is 71.2 Å². The van der Waals surface area contributed by atoms with Gasteiger partial charge in [-0.2, -0.15) is 4.98 Å². The number of ether oxygens (including phenoxy) is 4. The zero-order valence-corrected chi connectivity index (χ0v) is 26.1. The Morgan fingerprint density at radius 1 is 1.07 bits per heavy atom. The number of fused-ring (bicyclic) bond motifs is 1.